The molecule has 0 fully saturated rings. The van der Waals surface area contributed by atoms with Gasteiger partial charge in [0.1, 0.15) is 11.1 Å². The van der Waals surface area contributed by atoms with Crippen LogP contribution in [0.1, 0.15) is 13.8 Å². The van der Waals surface area contributed by atoms with Gasteiger partial charge in [0, 0.05) is 42.6 Å². The van der Waals surface area contributed by atoms with Gasteiger partial charge in [0.25, 0.3) is 5.89 Å². The van der Waals surface area contributed by atoms with Crippen molar-refractivity contribution in [3.05, 3.63) is 59.2 Å². The third-order valence-corrected chi connectivity index (χ3v) is 4.41. The van der Waals surface area contributed by atoms with E-state index in [1.165, 1.54) is 0 Å². The first-order valence-corrected chi connectivity index (χ1v) is 8.76. The van der Waals surface area contributed by atoms with Crippen LogP contribution in [-0.4, -0.2) is 28.3 Å². The molecule has 7 nitrogen and oxygen atoms in total. The topological polar surface area (TPSA) is 85.3 Å². The van der Waals surface area contributed by atoms with Crippen molar-refractivity contribution < 1.29 is 8.83 Å². The Labute approximate surface area is 155 Å². The van der Waals surface area contributed by atoms with Crippen molar-refractivity contribution in [3.63, 3.8) is 0 Å². The van der Waals surface area contributed by atoms with Gasteiger partial charge in [0.15, 0.2) is 0 Å². The molecule has 0 saturated heterocycles. The van der Waals surface area contributed by atoms with E-state index in [2.05, 4.69) is 33.9 Å². The number of anilines is 1. The lowest BCUT2D eigenvalue weighted by atomic mass is 10.1. The Balaban J connectivity index is 1.75. The predicted molar refractivity (Wildman–Crippen MR) is 103 cm³/mol. The number of nitrogens with zero attached hydrogens (tertiary/aromatic N) is 4. The minimum atomic E-state index is -0.513. The molecular formula is C20H18N4O3. The Morgan fingerprint density at radius 3 is 2.56 bits per heavy atom. The molecule has 0 amide bonds. The maximum Gasteiger partial charge on any atom is 0.349 e. The standard InChI is InChI=1S/C20H18N4O3/c1-3-24(4-2)15-8-7-13-10-16(20(25)26-17(13)11-15)19-23-22-18(27-19)14-6-5-9-21-12-14/h5-12H,3-4H2,1-2H3. The Kier molecular flexibility index (Phi) is 4.42. The van der Waals surface area contributed by atoms with Gasteiger partial charge in [0.05, 0.1) is 5.56 Å². The monoisotopic (exact) mass is 362 g/mol. The van der Waals surface area contributed by atoms with Crippen LogP contribution in [0.3, 0.4) is 0 Å². The fourth-order valence-electron chi connectivity index (χ4n) is 2.97. The third-order valence-electron chi connectivity index (χ3n) is 4.41. The number of pyridine rings is 1. The largest absolute Gasteiger partial charge is 0.422 e. The van der Waals surface area contributed by atoms with Crippen LogP contribution in [0.5, 0.6) is 0 Å². The van der Waals surface area contributed by atoms with E-state index in [0.29, 0.717) is 17.0 Å². The highest BCUT2D eigenvalue weighted by Gasteiger charge is 2.16. The molecule has 0 radical (unpaired) electrons. The summed E-state index contributed by atoms with van der Waals surface area (Å²) in [7, 11) is 0. The molecule has 0 aliphatic carbocycles. The molecular weight excluding hydrogens is 344 g/mol. The van der Waals surface area contributed by atoms with Crippen LogP contribution >= 0.6 is 0 Å². The van der Waals surface area contributed by atoms with E-state index < -0.39 is 5.63 Å². The van der Waals surface area contributed by atoms with Crippen molar-refractivity contribution in [1.82, 2.24) is 15.2 Å². The minimum Gasteiger partial charge on any atom is -0.422 e. The second-order valence-electron chi connectivity index (χ2n) is 6.00. The molecule has 0 unspecified atom stereocenters. The van der Waals surface area contributed by atoms with Crippen LogP contribution in [0.15, 0.2) is 62.4 Å². The molecule has 0 spiro atoms. The van der Waals surface area contributed by atoms with Gasteiger partial charge in [-0.1, -0.05) is 0 Å². The highest BCUT2D eigenvalue weighted by atomic mass is 16.4. The van der Waals surface area contributed by atoms with Crippen molar-refractivity contribution in [2.75, 3.05) is 18.0 Å². The van der Waals surface area contributed by atoms with E-state index in [0.717, 1.165) is 24.2 Å². The SMILES string of the molecule is CCN(CC)c1ccc2cc(-c3nnc(-c4cccnc4)o3)c(=O)oc2c1. The van der Waals surface area contributed by atoms with Gasteiger partial charge < -0.3 is 13.7 Å². The molecule has 0 N–H and O–H groups in total. The van der Waals surface area contributed by atoms with E-state index in [1.54, 1.807) is 24.5 Å². The average molecular weight is 362 g/mol. The molecule has 0 aliphatic rings. The van der Waals surface area contributed by atoms with Crippen molar-refractivity contribution >= 4 is 16.7 Å². The van der Waals surface area contributed by atoms with Crippen molar-refractivity contribution in [1.29, 1.82) is 0 Å². The van der Waals surface area contributed by atoms with E-state index in [9.17, 15) is 4.79 Å². The van der Waals surface area contributed by atoms with E-state index >= 15 is 0 Å². The first kappa shape index (κ1) is 17.0. The number of aromatic nitrogens is 3. The van der Waals surface area contributed by atoms with Crippen molar-refractivity contribution in [3.8, 4) is 22.9 Å². The van der Waals surface area contributed by atoms with Gasteiger partial charge >= 0.3 is 5.63 Å². The molecule has 0 atom stereocenters. The average Bonchev–Trinajstić information content (AvgIpc) is 3.19. The second-order valence-corrected chi connectivity index (χ2v) is 6.00. The normalized spacial score (nSPS) is 11.0. The summed E-state index contributed by atoms with van der Waals surface area (Å²) in [5.41, 5.74) is 1.95. The van der Waals surface area contributed by atoms with Gasteiger partial charge in [-0.05, 0) is 44.2 Å². The summed E-state index contributed by atoms with van der Waals surface area (Å²) in [6.45, 7) is 5.93. The lowest BCUT2D eigenvalue weighted by Crippen LogP contribution is -2.21. The van der Waals surface area contributed by atoms with Crippen LogP contribution in [0, 0.1) is 0 Å². The van der Waals surface area contributed by atoms with Crippen LogP contribution < -0.4 is 10.5 Å². The summed E-state index contributed by atoms with van der Waals surface area (Å²) in [6.07, 6.45) is 3.28. The van der Waals surface area contributed by atoms with E-state index in [-0.39, 0.29) is 11.5 Å². The molecule has 136 valence electrons. The number of rotatable bonds is 5. The molecule has 0 bridgehead atoms. The fourth-order valence-corrected chi connectivity index (χ4v) is 2.97. The Morgan fingerprint density at radius 1 is 1.00 bits per heavy atom. The predicted octanol–water partition coefficient (Wildman–Crippen LogP) is 3.75. The molecule has 1 aromatic carbocycles. The smallest absolute Gasteiger partial charge is 0.349 e. The third kappa shape index (κ3) is 3.19. The number of hydrogen-bond acceptors (Lipinski definition) is 7. The lowest BCUT2D eigenvalue weighted by Gasteiger charge is -2.20. The first-order valence-electron chi connectivity index (χ1n) is 8.76. The van der Waals surface area contributed by atoms with Crippen LogP contribution in [0.4, 0.5) is 5.69 Å². The number of benzene rings is 1. The summed E-state index contributed by atoms with van der Waals surface area (Å²) in [6, 6.07) is 11.1. The molecule has 3 heterocycles. The summed E-state index contributed by atoms with van der Waals surface area (Å²) < 4.78 is 11.2. The maximum atomic E-state index is 12.5. The number of hydrogen-bond donors (Lipinski definition) is 0. The van der Waals surface area contributed by atoms with Crippen LogP contribution in [0.25, 0.3) is 33.9 Å². The molecule has 0 aliphatic heterocycles. The minimum absolute atomic E-state index is 0.123. The fraction of sp³-hybridized carbons (Fsp3) is 0.200. The quantitative estimate of drug-likeness (QED) is 0.500. The second kappa shape index (κ2) is 7.03. The highest BCUT2D eigenvalue weighted by molar-refractivity contribution is 5.83. The summed E-state index contributed by atoms with van der Waals surface area (Å²) in [5, 5.41) is 8.78. The highest BCUT2D eigenvalue weighted by Crippen LogP contribution is 2.26. The lowest BCUT2D eigenvalue weighted by molar-refractivity contribution is 0.547. The Morgan fingerprint density at radius 2 is 1.81 bits per heavy atom. The maximum absolute atomic E-state index is 12.5. The van der Waals surface area contributed by atoms with Gasteiger partial charge in [0.2, 0.25) is 5.89 Å². The molecule has 0 saturated carbocycles. The van der Waals surface area contributed by atoms with Crippen LogP contribution in [-0.2, 0) is 0 Å². The summed E-state index contributed by atoms with van der Waals surface area (Å²) in [4.78, 5) is 18.7. The molecule has 4 aromatic rings. The molecule has 27 heavy (non-hydrogen) atoms. The van der Waals surface area contributed by atoms with Gasteiger partial charge in [-0.2, -0.15) is 0 Å². The first-order chi connectivity index (χ1) is 13.2. The van der Waals surface area contributed by atoms with E-state index in [1.807, 2.05) is 24.3 Å². The Hall–Kier alpha value is -3.48. The van der Waals surface area contributed by atoms with Crippen molar-refractivity contribution in [2.45, 2.75) is 13.8 Å². The summed E-state index contributed by atoms with van der Waals surface area (Å²) >= 11 is 0. The zero-order chi connectivity index (χ0) is 18.8. The number of fused-ring (bicyclic) bond motifs is 1. The van der Waals surface area contributed by atoms with E-state index in [4.69, 9.17) is 8.83 Å². The van der Waals surface area contributed by atoms with Crippen LogP contribution in [0.2, 0.25) is 0 Å². The van der Waals surface area contributed by atoms with Gasteiger partial charge in [-0.25, -0.2) is 4.79 Å². The van der Waals surface area contributed by atoms with Gasteiger partial charge in [-0.15, -0.1) is 10.2 Å². The zero-order valence-electron chi connectivity index (χ0n) is 15.0. The zero-order valence-corrected chi connectivity index (χ0v) is 15.0. The van der Waals surface area contributed by atoms with Gasteiger partial charge in [-0.3, -0.25) is 4.98 Å². The van der Waals surface area contributed by atoms with Crippen molar-refractivity contribution in [2.24, 2.45) is 0 Å². The molecule has 4 rings (SSSR count). The molecule has 3 aromatic heterocycles. The molecule has 7 heteroatoms. The summed E-state index contributed by atoms with van der Waals surface area (Å²) in [5.74, 6) is 0.423. The Bertz CT molecular complexity index is 1130.